The van der Waals surface area contributed by atoms with E-state index in [1.54, 1.807) is 0 Å². The maximum absolute atomic E-state index is 12.7. The Morgan fingerprint density at radius 1 is 0.610 bits per heavy atom. The Labute approximate surface area is 359 Å². The van der Waals surface area contributed by atoms with Crippen LogP contribution in [0.3, 0.4) is 0 Å². The lowest BCUT2D eigenvalue weighted by Crippen LogP contribution is -2.37. The molecule has 0 aliphatic heterocycles. The Bertz CT molecular complexity index is 1300. The fraction of sp³-hybridized carbons (Fsp3) is 0.667. The number of nitrogens with zero attached hydrogens (tertiary/aromatic N) is 1. The average molecular weight is 848 g/mol. The van der Waals surface area contributed by atoms with Gasteiger partial charge in [-0.25, -0.2) is 0 Å². The largest absolute Gasteiger partial charge is 0.756 e. The van der Waals surface area contributed by atoms with Gasteiger partial charge in [-0.1, -0.05) is 144 Å². The van der Waals surface area contributed by atoms with Crippen molar-refractivity contribution in [3.63, 3.8) is 0 Å². The first-order valence-corrected chi connectivity index (χ1v) is 23.8. The number of quaternary nitrogens is 1. The second-order valence-corrected chi connectivity index (χ2v) is 17.3. The van der Waals surface area contributed by atoms with Gasteiger partial charge in [0.15, 0.2) is 6.10 Å². The minimum atomic E-state index is -4.67. The second-order valence-electron chi connectivity index (χ2n) is 15.9. The Balaban J connectivity index is 4.57. The average Bonchev–Trinajstić information content (AvgIpc) is 3.18. The van der Waals surface area contributed by atoms with Gasteiger partial charge in [-0.15, -0.1) is 0 Å². The molecule has 1 N–H and O–H groups in total. The summed E-state index contributed by atoms with van der Waals surface area (Å²) < 4.78 is 33.7. The molecule has 0 heterocycles. The van der Waals surface area contributed by atoms with Gasteiger partial charge in [0.2, 0.25) is 0 Å². The minimum Gasteiger partial charge on any atom is -0.756 e. The van der Waals surface area contributed by atoms with E-state index in [2.05, 4.69) is 68.5 Å². The summed E-state index contributed by atoms with van der Waals surface area (Å²) in [6, 6.07) is 0. The molecule has 0 aliphatic rings. The van der Waals surface area contributed by atoms with Gasteiger partial charge in [0, 0.05) is 12.8 Å². The zero-order valence-corrected chi connectivity index (χ0v) is 38.4. The lowest BCUT2D eigenvalue weighted by molar-refractivity contribution is -0.870. The number of esters is 2. The van der Waals surface area contributed by atoms with Crippen LogP contribution in [0.1, 0.15) is 149 Å². The fourth-order valence-corrected chi connectivity index (χ4v) is 6.11. The predicted molar refractivity (Wildman–Crippen MR) is 242 cm³/mol. The van der Waals surface area contributed by atoms with Crippen LogP contribution in [-0.4, -0.2) is 81.2 Å². The van der Waals surface area contributed by atoms with E-state index in [1.165, 1.54) is 38.5 Å². The van der Waals surface area contributed by atoms with Gasteiger partial charge < -0.3 is 33.0 Å². The second kappa shape index (κ2) is 39.3. The number of ether oxygens (including phenoxy) is 2. The number of rotatable bonds is 39. The van der Waals surface area contributed by atoms with Crippen molar-refractivity contribution in [2.24, 2.45) is 0 Å². The van der Waals surface area contributed by atoms with E-state index in [1.807, 2.05) is 51.5 Å². The third kappa shape index (κ3) is 43.1. The maximum atomic E-state index is 12.7. The van der Waals surface area contributed by atoms with Crippen LogP contribution in [0.25, 0.3) is 0 Å². The molecule has 0 aromatic rings. The van der Waals surface area contributed by atoms with Crippen molar-refractivity contribution in [2.75, 3.05) is 47.5 Å². The molecule has 0 bridgehead atoms. The van der Waals surface area contributed by atoms with Crippen LogP contribution in [0.15, 0.2) is 85.1 Å². The summed E-state index contributed by atoms with van der Waals surface area (Å²) in [4.78, 5) is 37.5. The number of unbranched alkanes of at least 4 members (excludes halogenated alkanes) is 9. The SMILES string of the molecule is CCCCCCCC/C=C\C/C=C\C/C=C\CCCC(=O)O[C@H](COC(=O)CCC/C=C\C/C=C\C/C=C\C/C=C\[C@@H](O)CCCC)COP(=O)([O-])OCC[N+](C)(C)C. The first-order chi connectivity index (χ1) is 28.4. The van der Waals surface area contributed by atoms with Crippen LogP contribution in [0, 0.1) is 0 Å². The van der Waals surface area contributed by atoms with Crippen LogP contribution in [0.5, 0.6) is 0 Å². The van der Waals surface area contributed by atoms with Crippen LogP contribution in [0.4, 0.5) is 0 Å². The van der Waals surface area contributed by atoms with E-state index in [0.717, 1.165) is 57.8 Å². The van der Waals surface area contributed by atoms with Crippen molar-refractivity contribution in [1.82, 2.24) is 0 Å². The molecular weight excluding hydrogens is 766 g/mol. The lowest BCUT2D eigenvalue weighted by Gasteiger charge is -2.28. The predicted octanol–water partition coefficient (Wildman–Crippen LogP) is 11.1. The first-order valence-electron chi connectivity index (χ1n) is 22.4. The van der Waals surface area contributed by atoms with Crippen molar-refractivity contribution in [2.45, 2.75) is 161 Å². The number of aliphatic hydroxyl groups is 1. The number of hydrogen-bond donors (Lipinski definition) is 1. The number of hydrogen-bond acceptors (Lipinski definition) is 9. The molecule has 338 valence electrons. The zero-order valence-electron chi connectivity index (χ0n) is 37.5. The highest BCUT2D eigenvalue weighted by Gasteiger charge is 2.21. The molecule has 0 fully saturated rings. The summed E-state index contributed by atoms with van der Waals surface area (Å²) in [6.45, 7) is 3.90. The quantitative estimate of drug-likeness (QED) is 0.0211. The summed E-state index contributed by atoms with van der Waals surface area (Å²) >= 11 is 0. The van der Waals surface area contributed by atoms with Crippen molar-refractivity contribution in [3.8, 4) is 0 Å². The molecule has 0 rings (SSSR count). The summed E-state index contributed by atoms with van der Waals surface area (Å²) in [5, 5.41) is 9.82. The van der Waals surface area contributed by atoms with Crippen LogP contribution in [-0.2, 0) is 32.7 Å². The van der Waals surface area contributed by atoms with E-state index >= 15 is 0 Å². The van der Waals surface area contributed by atoms with Gasteiger partial charge in [0.05, 0.1) is 33.9 Å². The van der Waals surface area contributed by atoms with Crippen LogP contribution < -0.4 is 4.89 Å². The maximum Gasteiger partial charge on any atom is 0.306 e. The van der Waals surface area contributed by atoms with Crippen molar-refractivity contribution in [3.05, 3.63) is 85.1 Å². The molecule has 10 nitrogen and oxygen atoms in total. The molecule has 0 saturated heterocycles. The first kappa shape index (κ1) is 56.1. The highest BCUT2D eigenvalue weighted by Crippen LogP contribution is 2.38. The molecule has 0 radical (unpaired) electrons. The number of aliphatic hydroxyl groups excluding tert-OH is 1. The fourth-order valence-electron chi connectivity index (χ4n) is 5.39. The van der Waals surface area contributed by atoms with Crippen LogP contribution in [0.2, 0.25) is 0 Å². The van der Waals surface area contributed by atoms with Gasteiger partial charge in [0.25, 0.3) is 7.82 Å². The summed E-state index contributed by atoms with van der Waals surface area (Å²) in [5.41, 5.74) is 0. The number of carbonyl (C=O) groups is 2. The number of allylic oxidation sites excluding steroid dienone is 13. The highest BCUT2D eigenvalue weighted by atomic mass is 31.2. The van der Waals surface area contributed by atoms with Crippen molar-refractivity contribution < 1.29 is 47.2 Å². The molecule has 0 aromatic carbocycles. The molecule has 1 unspecified atom stereocenters. The number of phosphoric acid groups is 1. The number of phosphoric ester groups is 1. The van der Waals surface area contributed by atoms with E-state index in [9.17, 15) is 24.2 Å². The Morgan fingerprint density at radius 3 is 1.63 bits per heavy atom. The van der Waals surface area contributed by atoms with E-state index in [0.29, 0.717) is 36.7 Å². The zero-order chi connectivity index (χ0) is 43.7. The van der Waals surface area contributed by atoms with Crippen molar-refractivity contribution in [1.29, 1.82) is 0 Å². The number of likely N-dealkylation sites (N-methyl/N-ethyl adjacent to an activating group) is 1. The van der Waals surface area contributed by atoms with Gasteiger partial charge in [-0.3, -0.25) is 14.2 Å². The van der Waals surface area contributed by atoms with E-state index in [4.69, 9.17) is 18.5 Å². The van der Waals surface area contributed by atoms with Crippen LogP contribution >= 0.6 is 7.82 Å². The van der Waals surface area contributed by atoms with E-state index < -0.39 is 32.5 Å². The molecule has 0 spiro atoms. The molecule has 0 amide bonds. The van der Waals surface area contributed by atoms with Gasteiger partial charge in [0.1, 0.15) is 19.8 Å². The number of carbonyl (C=O) groups excluding carboxylic acids is 2. The third-order valence-corrected chi connectivity index (χ3v) is 9.92. The van der Waals surface area contributed by atoms with Gasteiger partial charge in [-0.2, -0.15) is 0 Å². The molecular formula is C48H82NO9P. The van der Waals surface area contributed by atoms with E-state index in [-0.39, 0.29) is 32.2 Å². The molecule has 0 aliphatic carbocycles. The molecule has 3 atom stereocenters. The minimum absolute atomic E-state index is 0.0597. The summed E-state index contributed by atoms with van der Waals surface area (Å²) in [6.07, 6.45) is 46.8. The summed E-state index contributed by atoms with van der Waals surface area (Å²) in [5.74, 6) is -0.993. The molecule has 0 saturated carbocycles. The molecule has 59 heavy (non-hydrogen) atoms. The monoisotopic (exact) mass is 848 g/mol. The molecule has 0 aromatic heterocycles. The Morgan fingerprint density at radius 2 is 1.08 bits per heavy atom. The lowest BCUT2D eigenvalue weighted by atomic mass is 10.1. The Kier molecular flexibility index (Phi) is 37.4. The smallest absolute Gasteiger partial charge is 0.306 e. The third-order valence-electron chi connectivity index (χ3n) is 8.96. The van der Waals surface area contributed by atoms with Gasteiger partial charge in [-0.05, 0) is 77.0 Å². The summed E-state index contributed by atoms with van der Waals surface area (Å²) in [7, 11) is 1.07. The topological polar surface area (TPSA) is 131 Å². The molecule has 11 heteroatoms. The normalized spacial score (nSPS) is 14.9. The van der Waals surface area contributed by atoms with Crippen molar-refractivity contribution >= 4 is 19.8 Å². The Hall–Kier alpha value is -2.85. The van der Waals surface area contributed by atoms with Gasteiger partial charge >= 0.3 is 11.9 Å². The standard InChI is InChI=1S/C48H82NO9P/c1-6-8-10-11-12-13-14-15-16-17-18-19-24-27-30-33-36-40-48(52)58-46(44-57-59(53,54)56-42-41-49(3,4)5)43-55-47(51)39-35-32-29-26-23-21-20-22-25-28-31-34-38-45(50)37-9-7-2/h15-16,18-21,25-30,34,38,45-46,50H,6-14,17,22-24,31-33,35-37,39-44H2,1-5H3/b16-15-,19-18-,21-20-,28-25-,29-26-,30-27-,38-34-/t45-,46+/m0/s1. The highest BCUT2D eigenvalue weighted by molar-refractivity contribution is 7.45.